The van der Waals surface area contributed by atoms with E-state index in [0.29, 0.717) is 5.92 Å². The molecule has 1 atom stereocenters. The average Bonchev–Trinajstić information content (AvgIpc) is 2.93. The summed E-state index contributed by atoms with van der Waals surface area (Å²) in [4.78, 5) is 0. The van der Waals surface area contributed by atoms with Gasteiger partial charge in [0.15, 0.2) is 0 Å². The molecule has 1 fully saturated rings. The molecule has 0 amide bonds. The van der Waals surface area contributed by atoms with E-state index >= 15 is 0 Å². The maximum absolute atomic E-state index is 7.41. The molecule has 4 rings (SSSR count). The van der Waals surface area contributed by atoms with Gasteiger partial charge in [-0.25, -0.2) is 5.57 Å². The van der Waals surface area contributed by atoms with E-state index in [4.69, 9.17) is 5.73 Å². The second-order valence-electron chi connectivity index (χ2n) is 8.45. The van der Waals surface area contributed by atoms with Crippen LogP contribution in [0.2, 0.25) is 0 Å². The van der Waals surface area contributed by atoms with Crippen molar-refractivity contribution < 1.29 is 21.7 Å². The van der Waals surface area contributed by atoms with Crippen molar-refractivity contribution in [1.29, 1.82) is 0 Å². The van der Waals surface area contributed by atoms with Crippen LogP contribution in [0.25, 0.3) is 5.73 Å². The molecule has 0 heterocycles. The molecule has 31 heavy (non-hydrogen) atoms. The first-order chi connectivity index (χ1) is 14.5. The minimum atomic E-state index is 0. The zero-order valence-corrected chi connectivity index (χ0v) is 22.5. The molecule has 2 aliphatic rings. The third kappa shape index (κ3) is 10.8. The van der Waals surface area contributed by atoms with Crippen molar-refractivity contribution in [2.24, 2.45) is 5.92 Å². The van der Waals surface area contributed by atoms with Crippen molar-refractivity contribution in [3.05, 3.63) is 89.2 Å². The molecule has 0 aliphatic heterocycles. The predicted molar refractivity (Wildman–Crippen MR) is 135 cm³/mol. The van der Waals surface area contributed by atoms with Crippen molar-refractivity contribution in [2.75, 3.05) is 0 Å². The summed E-state index contributed by atoms with van der Waals surface area (Å²) in [5.74, 6) is 0.560. The number of rotatable bonds is 2. The van der Waals surface area contributed by atoms with E-state index in [1.165, 1.54) is 52.8 Å². The standard InChI is InChI=1S/C12H11Si.C9H13.C7H14N.Ti/c1-3-7-11(8-4-1)13-12-9-5-2-6-10-12;1-6-5-7(2)9(4)8(6)3;8-7-5-3-1-2-4-6-7;/h1-10,13H;6H,1-4H3;7-8H,1-6H2;/q;2*-1;+2. The first-order valence-corrected chi connectivity index (χ1v) is 12.6. The van der Waals surface area contributed by atoms with Crippen LogP contribution in [-0.4, -0.2) is 15.6 Å². The summed E-state index contributed by atoms with van der Waals surface area (Å²) in [6.45, 7) is 8.67. The van der Waals surface area contributed by atoms with Crippen LogP contribution in [0.15, 0.2) is 77.4 Å². The van der Waals surface area contributed by atoms with Crippen LogP contribution in [0, 0.1) is 12.0 Å². The van der Waals surface area contributed by atoms with E-state index in [2.05, 4.69) is 94.4 Å². The molecule has 0 spiro atoms. The molecule has 0 aromatic heterocycles. The molecule has 1 unspecified atom stereocenters. The summed E-state index contributed by atoms with van der Waals surface area (Å²) in [6.07, 6.45) is 11.0. The molecular weight excluding hydrogens is 426 g/mol. The van der Waals surface area contributed by atoms with Gasteiger partial charge in [0.25, 0.3) is 0 Å². The number of allylic oxidation sites excluding steroid dienone is 4. The Bertz CT molecular complexity index is 753. The van der Waals surface area contributed by atoms with Gasteiger partial charge < -0.3 is 5.73 Å². The van der Waals surface area contributed by atoms with Gasteiger partial charge in [-0.3, -0.25) is 6.08 Å². The van der Waals surface area contributed by atoms with E-state index < -0.39 is 0 Å². The smallest absolute Gasteiger partial charge is 0.675 e. The van der Waals surface area contributed by atoms with Gasteiger partial charge in [0.1, 0.15) is 9.52 Å². The second-order valence-corrected chi connectivity index (χ2v) is 10.1. The summed E-state index contributed by atoms with van der Waals surface area (Å²) in [7, 11) is 0.271. The Morgan fingerprint density at radius 3 is 1.55 bits per heavy atom. The van der Waals surface area contributed by atoms with Gasteiger partial charge >= 0.3 is 21.7 Å². The average molecular weight is 465 g/mol. The van der Waals surface area contributed by atoms with E-state index in [1.807, 2.05) is 0 Å². The van der Waals surface area contributed by atoms with Gasteiger partial charge in [-0.05, 0) is 0 Å². The van der Waals surface area contributed by atoms with E-state index in [1.54, 1.807) is 0 Å². The monoisotopic (exact) mass is 464 g/mol. The number of hydrogen-bond donors (Lipinski definition) is 0. The molecule has 2 aromatic carbocycles. The minimum absolute atomic E-state index is 0. The number of hydrogen-bond acceptors (Lipinski definition) is 0. The first-order valence-electron chi connectivity index (χ1n) is 11.4. The van der Waals surface area contributed by atoms with Crippen molar-refractivity contribution >= 4 is 19.9 Å². The van der Waals surface area contributed by atoms with E-state index in [0.717, 1.165) is 12.8 Å². The van der Waals surface area contributed by atoms with Crippen molar-refractivity contribution in [1.82, 2.24) is 0 Å². The molecule has 0 bridgehead atoms. The summed E-state index contributed by atoms with van der Waals surface area (Å²) < 4.78 is 0. The van der Waals surface area contributed by atoms with Crippen molar-refractivity contribution in [3.63, 3.8) is 0 Å². The Labute approximate surface area is 208 Å². The normalized spacial score (nSPS) is 18.5. The summed E-state index contributed by atoms with van der Waals surface area (Å²) in [5, 5.41) is 2.90. The molecule has 2 aliphatic carbocycles. The molecule has 2 aromatic rings. The molecular formula is C28H38NSiTi. The van der Waals surface area contributed by atoms with Crippen LogP contribution in [-0.2, 0) is 21.7 Å². The van der Waals surface area contributed by atoms with Crippen LogP contribution in [0.1, 0.15) is 66.2 Å². The molecule has 1 saturated carbocycles. The van der Waals surface area contributed by atoms with E-state index in [9.17, 15) is 0 Å². The van der Waals surface area contributed by atoms with Crippen molar-refractivity contribution in [2.45, 2.75) is 72.3 Å². The van der Waals surface area contributed by atoms with Crippen molar-refractivity contribution in [3.8, 4) is 0 Å². The predicted octanol–water partition coefficient (Wildman–Crippen LogP) is 6.55. The molecule has 1 radical (unpaired) electrons. The quantitative estimate of drug-likeness (QED) is 0.273. The van der Waals surface area contributed by atoms with Crippen LogP contribution in [0.3, 0.4) is 0 Å². The largest absolute Gasteiger partial charge is 2.00 e. The molecule has 163 valence electrons. The third-order valence-electron chi connectivity index (χ3n) is 6.02. The fourth-order valence-electron chi connectivity index (χ4n) is 3.73. The Morgan fingerprint density at radius 2 is 1.23 bits per heavy atom. The van der Waals surface area contributed by atoms with Crippen LogP contribution < -0.4 is 10.4 Å². The topological polar surface area (TPSA) is 23.8 Å². The van der Waals surface area contributed by atoms with Gasteiger partial charge in [-0.15, -0.1) is 13.0 Å². The first kappa shape index (κ1) is 27.8. The van der Waals surface area contributed by atoms with E-state index in [-0.39, 0.29) is 37.3 Å². The van der Waals surface area contributed by atoms with Gasteiger partial charge in [0.2, 0.25) is 0 Å². The maximum Gasteiger partial charge on any atom is 2.00 e. The Hall–Kier alpha value is -1.19. The zero-order chi connectivity index (χ0) is 21.8. The van der Waals surface area contributed by atoms with Gasteiger partial charge in [-0.1, -0.05) is 136 Å². The molecule has 0 saturated heterocycles. The van der Waals surface area contributed by atoms with Gasteiger partial charge in [-0.2, -0.15) is 11.1 Å². The summed E-state index contributed by atoms with van der Waals surface area (Å²) >= 11 is 0. The SMILES string of the molecule is CC1=[C-]C(C)C(C)=C1C.[NH-]C1CCCCCC1.[Ti+2].c1ccc([SiH]c2ccccc2)cc1. The van der Waals surface area contributed by atoms with Gasteiger partial charge in [0, 0.05) is 0 Å². The molecule has 1 nitrogen and oxygen atoms in total. The zero-order valence-electron chi connectivity index (χ0n) is 19.7. The van der Waals surface area contributed by atoms with Crippen LogP contribution in [0.5, 0.6) is 0 Å². The summed E-state index contributed by atoms with van der Waals surface area (Å²) in [6, 6.07) is 21.6. The fourth-order valence-corrected chi connectivity index (χ4v) is 4.95. The number of nitrogens with one attached hydrogen (secondary N) is 1. The van der Waals surface area contributed by atoms with Crippen LogP contribution in [0.4, 0.5) is 0 Å². The summed E-state index contributed by atoms with van der Waals surface area (Å²) in [5.41, 5.74) is 11.7. The minimum Gasteiger partial charge on any atom is -0.675 e. The molecule has 1 N–H and O–H groups in total. The van der Waals surface area contributed by atoms with Gasteiger partial charge in [0.05, 0.1) is 0 Å². The third-order valence-corrected chi connectivity index (χ3v) is 7.46. The fraction of sp³-hybridized carbons (Fsp3) is 0.429. The Balaban J connectivity index is 0.000000238. The Morgan fingerprint density at radius 1 is 0.774 bits per heavy atom. The Kier molecular flexibility index (Phi) is 14.0. The second kappa shape index (κ2) is 15.6. The maximum atomic E-state index is 7.41. The number of benzene rings is 2. The van der Waals surface area contributed by atoms with Crippen LogP contribution >= 0.6 is 0 Å². The molecule has 3 heteroatoms.